The number of urea groups is 1. The molecule has 2 heterocycles. The molecule has 2 N–H and O–H groups in total. The molecule has 5 nitrogen and oxygen atoms in total. The summed E-state index contributed by atoms with van der Waals surface area (Å²) in [7, 11) is 0. The molecule has 4 rings (SSSR count). The molecular formula is C23H26FN3O2. The van der Waals surface area contributed by atoms with Gasteiger partial charge in [-0.25, -0.2) is 9.18 Å². The number of nitrogens with zero attached hydrogens (tertiary/aromatic N) is 1. The summed E-state index contributed by atoms with van der Waals surface area (Å²) in [5.74, 6) is -0.387. The normalized spacial score (nSPS) is 23.4. The van der Waals surface area contributed by atoms with E-state index in [1.165, 1.54) is 12.1 Å². The highest BCUT2D eigenvalue weighted by atomic mass is 19.1. The number of amides is 3. The number of nitrogens with one attached hydrogen (secondary N) is 2. The Labute approximate surface area is 170 Å². The third-order valence-electron chi connectivity index (χ3n) is 5.95. The van der Waals surface area contributed by atoms with Crippen LogP contribution in [-0.4, -0.2) is 35.0 Å². The van der Waals surface area contributed by atoms with Crippen molar-refractivity contribution in [2.24, 2.45) is 0 Å². The van der Waals surface area contributed by atoms with Crippen molar-refractivity contribution in [2.75, 3.05) is 5.32 Å². The second-order valence-corrected chi connectivity index (χ2v) is 8.09. The number of benzene rings is 2. The minimum absolute atomic E-state index is 0.0581. The Hall–Kier alpha value is -2.89. The Morgan fingerprint density at radius 1 is 0.966 bits per heavy atom. The fourth-order valence-electron chi connectivity index (χ4n) is 4.53. The number of halogens is 1. The maximum atomic E-state index is 13.1. The molecule has 2 aromatic rings. The first-order valence-electron chi connectivity index (χ1n) is 10.2. The van der Waals surface area contributed by atoms with Gasteiger partial charge in [0.15, 0.2) is 0 Å². The van der Waals surface area contributed by atoms with Crippen LogP contribution in [0.1, 0.15) is 48.0 Å². The summed E-state index contributed by atoms with van der Waals surface area (Å²) in [6.07, 6.45) is 4.47. The predicted molar refractivity (Wildman–Crippen MR) is 110 cm³/mol. The van der Waals surface area contributed by atoms with Crippen LogP contribution >= 0.6 is 0 Å². The standard InChI is InChI=1S/C23H26FN3O2/c1-15-5-7-16(8-6-15)22(28)25-19-13-20-3-2-4-21(14-19)27(20)23(29)26-18-11-9-17(24)10-12-18/h5-12,19-21H,2-4,13-14H2,1H3,(H,25,28)(H,26,29). The van der Waals surface area contributed by atoms with Gasteiger partial charge >= 0.3 is 6.03 Å². The summed E-state index contributed by atoms with van der Waals surface area (Å²) in [4.78, 5) is 27.4. The van der Waals surface area contributed by atoms with Crippen LogP contribution < -0.4 is 10.6 Å². The second-order valence-electron chi connectivity index (χ2n) is 8.09. The lowest BCUT2D eigenvalue weighted by molar-refractivity contribution is 0.0577. The minimum atomic E-state index is -0.329. The maximum absolute atomic E-state index is 13.1. The lowest BCUT2D eigenvalue weighted by Gasteiger charge is -2.48. The van der Waals surface area contributed by atoms with Gasteiger partial charge in [-0.2, -0.15) is 0 Å². The summed E-state index contributed by atoms with van der Waals surface area (Å²) in [5, 5.41) is 6.05. The summed E-state index contributed by atoms with van der Waals surface area (Å²) in [5.41, 5.74) is 2.37. The molecule has 0 spiro atoms. The number of hydrogen-bond acceptors (Lipinski definition) is 2. The van der Waals surface area contributed by atoms with Gasteiger partial charge in [-0.1, -0.05) is 17.7 Å². The number of aryl methyl sites for hydroxylation is 1. The van der Waals surface area contributed by atoms with Gasteiger partial charge < -0.3 is 15.5 Å². The van der Waals surface area contributed by atoms with E-state index in [0.29, 0.717) is 11.3 Å². The topological polar surface area (TPSA) is 61.4 Å². The van der Waals surface area contributed by atoms with Crippen LogP contribution in [0.3, 0.4) is 0 Å². The van der Waals surface area contributed by atoms with E-state index in [2.05, 4.69) is 10.6 Å². The number of rotatable bonds is 3. The molecule has 0 aromatic heterocycles. The summed E-state index contributed by atoms with van der Waals surface area (Å²) >= 11 is 0. The van der Waals surface area contributed by atoms with Gasteiger partial charge in [0.1, 0.15) is 5.82 Å². The maximum Gasteiger partial charge on any atom is 0.322 e. The van der Waals surface area contributed by atoms with Crippen molar-refractivity contribution in [2.45, 2.75) is 57.2 Å². The van der Waals surface area contributed by atoms with E-state index < -0.39 is 0 Å². The predicted octanol–water partition coefficient (Wildman–Crippen LogP) is 4.48. The lowest BCUT2D eigenvalue weighted by atomic mass is 9.82. The Morgan fingerprint density at radius 3 is 2.21 bits per heavy atom. The number of hydrogen-bond donors (Lipinski definition) is 2. The monoisotopic (exact) mass is 395 g/mol. The molecule has 2 atom stereocenters. The fourth-order valence-corrected chi connectivity index (χ4v) is 4.53. The average Bonchev–Trinajstić information content (AvgIpc) is 2.69. The van der Waals surface area contributed by atoms with Gasteiger partial charge in [0.2, 0.25) is 0 Å². The first-order valence-corrected chi connectivity index (χ1v) is 10.2. The fraction of sp³-hybridized carbons (Fsp3) is 0.391. The highest BCUT2D eigenvalue weighted by Gasteiger charge is 2.41. The van der Waals surface area contributed by atoms with Crippen molar-refractivity contribution in [3.63, 3.8) is 0 Å². The Kier molecular flexibility index (Phi) is 5.51. The molecular weight excluding hydrogens is 369 g/mol. The van der Waals surface area contributed by atoms with Crippen LogP contribution in [0.5, 0.6) is 0 Å². The van der Waals surface area contributed by atoms with Crippen LogP contribution in [0, 0.1) is 12.7 Å². The van der Waals surface area contributed by atoms with Crippen molar-refractivity contribution >= 4 is 17.6 Å². The van der Waals surface area contributed by atoms with Crippen LogP contribution in [0.25, 0.3) is 0 Å². The van der Waals surface area contributed by atoms with Gasteiger partial charge in [-0.05, 0) is 75.4 Å². The van der Waals surface area contributed by atoms with Gasteiger partial charge in [-0.3, -0.25) is 4.79 Å². The van der Waals surface area contributed by atoms with Crippen LogP contribution in [0.2, 0.25) is 0 Å². The van der Waals surface area contributed by atoms with Crippen molar-refractivity contribution in [1.29, 1.82) is 0 Å². The molecule has 29 heavy (non-hydrogen) atoms. The van der Waals surface area contributed by atoms with Crippen LogP contribution in [-0.2, 0) is 0 Å². The van der Waals surface area contributed by atoms with E-state index in [9.17, 15) is 14.0 Å². The molecule has 0 radical (unpaired) electrons. The average molecular weight is 395 g/mol. The molecule has 6 heteroatoms. The Morgan fingerprint density at radius 2 is 1.59 bits per heavy atom. The first-order chi connectivity index (χ1) is 14.0. The largest absolute Gasteiger partial charge is 0.349 e. The number of anilines is 1. The van der Waals surface area contributed by atoms with Crippen molar-refractivity contribution in [1.82, 2.24) is 10.2 Å². The minimum Gasteiger partial charge on any atom is -0.349 e. The molecule has 2 bridgehead atoms. The van der Waals surface area contributed by atoms with Gasteiger partial charge in [0, 0.05) is 29.4 Å². The van der Waals surface area contributed by atoms with E-state index in [-0.39, 0.29) is 35.9 Å². The third-order valence-corrected chi connectivity index (χ3v) is 5.95. The summed E-state index contributed by atoms with van der Waals surface area (Å²) < 4.78 is 13.1. The van der Waals surface area contributed by atoms with E-state index >= 15 is 0 Å². The Bertz CT molecular complexity index is 868. The SMILES string of the molecule is Cc1ccc(C(=O)NC2CC3CCCC(C2)N3C(=O)Nc2ccc(F)cc2)cc1. The zero-order valence-electron chi connectivity index (χ0n) is 16.5. The number of piperidine rings is 2. The molecule has 2 aromatic carbocycles. The van der Waals surface area contributed by atoms with E-state index in [1.54, 1.807) is 12.1 Å². The molecule has 0 saturated carbocycles. The van der Waals surface area contributed by atoms with E-state index in [0.717, 1.165) is 37.7 Å². The molecule has 0 aliphatic carbocycles. The third kappa shape index (κ3) is 4.42. The van der Waals surface area contributed by atoms with Gasteiger partial charge in [-0.15, -0.1) is 0 Å². The molecule has 2 aliphatic rings. The highest BCUT2D eigenvalue weighted by molar-refractivity contribution is 5.94. The smallest absolute Gasteiger partial charge is 0.322 e. The quantitative estimate of drug-likeness (QED) is 0.805. The first kappa shape index (κ1) is 19.4. The summed E-state index contributed by atoms with van der Waals surface area (Å²) in [6.45, 7) is 2.00. The molecule has 152 valence electrons. The van der Waals surface area contributed by atoms with E-state index in [4.69, 9.17) is 0 Å². The lowest BCUT2D eigenvalue weighted by Crippen LogP contribution is -2.59. The molecule has 3 amide bonds. The van der Waals surface area contributed by atoms with Crippen molar-refractivity contribution in [3.05, 3.63) is 65.5 Å². The zero-order valence-corrected chi connectivity index (χ0v) is 16.5. The van der Waals surface area contributed by atoms with Gasteiger partial charge in [0.25, 0.3) is 5.91 Å². The highest BCUT2D eigenvalue weighted by Crippen LogP contribution is 2.34. The Balaban J connectivity index is 1.40. The second kappa shape index (κ2) is 8.23. The van der Waals surface area contributed by atoms with Crippen LogP contribution in [0.4, 0.5) is 14.9 Å². The van der Waals surface area contributed by atoms with E-state index in [1.807, 2.05) is 36.1 Å². The molecule has 2 unspecified atom stereocenters. The number of carbonyl (C=O) groups is 2. The van der Waals surface area contributed by atoms with Crippen LogP contribution in [0.15, 0.2) is 48.5 Å². The molecule has 2 saturated heterocycles. The summed E-state index contributed by atoms with van der Waals surface area (Å²) in [6, 6.07) is 13.5. The van der Waals surface area contributed by atoms with Crippen molar-refractivity contribution in [3.8, 4) is 0 Å². The van der Waals surface area contributed by atoms with Crippen molar-refractivity contribution < 1.29 is 14.0 Å². The number of fused-ring (bicyclic) bond motifs is 2. The van der Waals surface area contributed by atoms with Gasteiger partial charge in [0.05, 0.1) is 0 Å². The molecule has 2 aliphatic heterocycles. The molecule has 2 fully saturated rings. The zero-order chi connectivity index (χ0) is 20.4. The number of carbonyl (C=O) groups excluding carboxylic acids is 2.